The Kier molecular flexibility index (Phi) is 3.80. The number of rotatable bonds is 4. The lowest BCUT2D eigenvalue weighted by molar-refractivity contribution is 0.0796. The predicted molar refractivity (Wildman–Crippen MR) is 99.0 cm³/mol. The third-order valence-corrected chi connectivity index (χ3v) is 5.51. The van der Waals surface area contributed by atoms with E-state index in [-0.39, 0.29) is 11.8 Å². The summed E-state index contributed by atoms with van der Waals surface area (Å²) in [5, 5.41) is 28.9. The van der Waals surface area contributed by atoms with Gasteiger partial charge in [0, 0.05) is 16.8 Å². The highest BCUT2D eigenvalue weighted by Crippen LogP contribution is 2.53. The molecule has 26 heavy (non-hydrogen) atoms. The summed E-state index contributed by atoms with van der Waals surface area (Å²) in [4.78, 5) is 0. The van der Waals surface area contributed by atoms with Crippen LogP contribution in [-0.2, 0) is 17.4 Å². The Labute approximate surface area is 156 Å². The maximum atomic E-state index is 10.4. The third-order valence-electron chi connectivity index (χ3n) is 5.14. The molecule has 0 aliphatic heterocycles. The maximum absolute atomic E-state index is 10.4. The molecule has 0 spiro atoms. The number of nitrogens with zero attached hydrogens (tertiary/aromatic N) is 4. The van der Waals surface area contributed by atoms with Gasteiger partial charge in [-0.3, -0.25) is 4.40 Å². The number of hydrogen-bond acceptors (Lipinski definition) is 4. The molecule has 1 aliphatic carbocycles. The SMILES string of the molecule is CC(C)(O)c1cccn2c(C3(c4ccc(Cl)c(CC#N)c4)CC3)nnc12. The first-order chi connectivity index (χ1) is 12.4. The fourth-order valence-corrected chi connectivity index (χ4v) is 3.76. The van der Waals surface area contributed by atoms with Gasteiger partial charge in [-0.1, -0.05) is 29.8 Å². The molecular weight excluding hydrogens is 348 g/mol. The Bertz CT molecular complexity index is 1040. The van der Waals surface area contributed by atoms with Crippen LogP contribution in [0, 0.1) is 11.3 Å². The molecular formula is C20H19ClN4O. The number of pyridine rings is 1. The fraction of sp³-hybridized carbons (Fsp3) is 0.350. The van der Waals surface area contributed by atoms with Gasteiger partial charge in [-0.15, -0.1) is 10.2 Å². The summed E-state index contributed by atoms with van der Waals surface area (Å²) in [6.45, 7) is 3.49. The molecule has 2 heterocycles. The Balaban J connectivity index is 1.86. The van der Waals surface area contributed by atoms with Crippen LogP contribution < -0.4 is 0 Å². The van der Waals surface area contributed by atoms with E-state index >= 15 is 0 Å². The molecule has 1 saturated carbocycles. The Morgan fingerprint density at radius 2 is 2.08 bits per heavy atom. The standard InChI is InChI=1S/C20H19ClN4O/c1-19(2,26)15-4-3-11-25-17(15)23-24-18(25)20(8-9-20)14-5-6-16(21)13(12-14)7-10-22/h3-6,11-12,26H,7-9H2,1-2H3. The summed E-state index contributed by atoms with van der Waals surface area (Å²) in [6, 6.07) is 11.8. The molecule has 1 N–H and O–H groups in total. The van der Waals surface area contributed by atoms with Crippen molar-refractivity contribution in [3.05, 3.63) is 64.1 Å². The van der Waals surface area contributed by atoms with Crippen LogP contribution in [0.4, 0.5) is 0 Å². The summed E-state index contributed by atoms with van der Waals surface area (Å²) >= 11 is 6.22. The lowest BCUT2D eigenvalue weighted by Crippen LogP contribution is -2.18. The van der Waals surface area contributed by atoms with E-state index < -0.39 is 5.60 Å². The smallest absolute Gasteiger partial charge is 0.166 e. The normalized spacial score (nSPS) is 15.8. The van der Waals surface area contributed by atoms with E-state index in [1.807, 2.05) is 40.9 Å². The number of aliphatic hydroxyl groups is 1. The van der Waals surface area contributed by atoms with Crippen molar-refractivity contribution < 1.29 is 5.11 Å². The Morgan fingerprint density at radius 3 is 2.73 bits per heavy atom. The minimum atomic E-state index is -0.996. The monoisotopic (exact) mass is 366 g/mol. The molecule has 1 fully saturated rings. The van der Waals surface area contributed by atoms with Gasteiger partial charge in [0.1, 0.15) is 5.82 Å². The predicted octanol–water partition coefficient (Wildman–Crippen LogP) is 3.76. The minimum absolute atomic E-state index is 0.216. The van der Waals surface area contributed by atoms with Crippen LogP contribution in [0.15, 0.2) is 36.5 Å². The molecule has 1 aromatic carbocycles. The molecule has 0 atom stereocenters. The topological polar surface area (TPSA) is 74.2 Å². The molecule has 0 radical (unpaired) electrons. The van der Waals surface area contributed by atoms with E-state index in [2.05, 4.69) is 16.3 Å². The van der Waals surface area contributed by atoms with E-state index in [0.29, 0.717) is 10.7 Å². The quantitative estimate of drug-likeness (QED) is 0.763. The number of halogens is 1. The number of benzene rings is 1. The lowest BCUT2D eigenvalue weighted by Gasteiger charge is -2.19. The van der Waals surface area contributed by atoms with Crippen molar-refractivity contribution in [2.45, 2.75) is 44.1 Å². The van der Waals surface area contributed by atoms with E-state index in [1.54, 1.807) is 13.8 Å². The molecule has 3 aromatic rings. The summed E-state index contributed by atoms with van der Waals surface area (Å²) in [6.07, 6.45) is 4.15. The zero-order valence-electron chi connectivity index (χ0n) is 14.7. The molecule has 4 rings (SSSR count). The van der Waals surface area contributed by atoms with Crippen molar-refractivity contribution in [2.75, 3.05) is 0 Å². The van der Waals surface area contributed by atoms with Gasteiger partial charge in [0.2, 0.25) is 0 Å². The molecule has 1 aliphatic rings. The van der Waals surface area contributed by atoms with Crippen molar-refractivity contribution in [2.24, 2.45) is 0 Å². The van der Waals surface area contributed by atoms with Crippen LogP contribution in [0.3, 0.4) is 0 Å². The molecule has 0 bridgehead atoms. The Hall–Kier alpha value is -2.42. The summed E-state index contributed by atoms with van der Waals surface area (Å²) in [5.74, 6) is 0.865. The first-order valence-electron chi connectivity index (χ1n) is 8.60. The minimum Gasteiger partial charge on any atom is -0.386 e. The maximum Gasteiger partial charge on any atom is 0.166 e. The van der Waals surface area contributed by atoms with Gasteiger partial charge >= 0.3 is 0 Å². The number of aromatic nitrogens is 3. The van der Waals surface area contributed by atoms with E-state index in [1.165, 1.54) is 0 Å². The first kappa shape index (κ1) is 17.0. The Morgan fingerprint density at radius 1 is 1.31 bits per heavy atom. The molecule has 0 amide bonds. The second-order valence-corrected chi connectivity index (χ2v) is 7.83. The summed E-state index contributed by atoms with van der Waals surface area (Å²) < 4.78 is 1.97. The molecule has 0 saturated heterocycles. The van der Waals surface area contributed by atoms with E-state index in [9.17, 15) is 5.11 Å². The van der Waals surface area contributed by atoms with E-state index in [0.717, 1.165) is 35.4 Å². The average molecular weight is 367 g/mol. The van der Waals surface area contributed by atoms with Crippen LogP contribution in [0.1, 0.15) is 49.2 Å². The summed E-state index contributed by atoms with van der Waals surface area (Å²) in [7, 11) is 0. The van der Waals surface area contributed by atoms with Crippen molar-refractivity contribution >= 4 is 17.2 Å². The number of fused-ring (bicyclic) bond motifs is 1. The van der Waals surface area contributed by atoms with Crippen molar-refractivity contribution in [3.63, 3.8) is 0 Å². The second-order valence-electron chi connectivity index (χ2n) is 7.42. The average Bonchev–Trinajstić information content (AvgIpc) is 3.28. The molecule has 6 heteroatoms. The van der Waals surface area contributed by atoms with Crippen molar-refractivity contribution in [1.82, 2.24) is 14.6 Å². The first-order valence-corrected chi connectivity index (χ1v) is 8.97. The number of nitriles is 1. The van der Waals surface area contributed by atoms with Crippen LogP contribution in [0.2, 0.25) is 5.02 Å². The van der Waals surface area contributed by atoms with Gasteiger partial charge in [0.15, 0.2) is 5.65 Å². The van der Waals surface area contributed by atoms with Gasteiger partial charge in [-0.05, 0) is 49.9 Å². The van der Waals surface area contributed by atoms with Crippen molar-refractivity contribution in [1.29, 1.82) is 5.26 Å². The van der Waals surface area contributed by atoms with Crippen LogP contribution in [0.25, 0.3) is 5.65 Å². The van der Waals surface area contributed by atoms with Crippen LogP contribution in [0.5, 0.6) is 0 Å². The van der Waals surface area contributed by atoms with Gasteiger partial charge < -0.3 is 5.11 Å². The summed E-state index contributed by atoms with van der Waals surface area (Å²) in [5.41, 5.74) is 2.15. The highest BCUT2D eigenvalue weighted by molar-refractivity contribution is 6.31. The highest BCUT2D eigenvalue weighted by Gasteiger charge is 2.50. The zero-order valence-corrected chi connectivity index (χ0v) is 15.5. The third kappa shape index (κ3) is 2.57. The van der Waals surface area contributed by atoms with Crippen LogP contribution in [-0.4, -0.2) is 19.7 Å². The highest BCUT2D eigenvalue weighted by atomic mass is 35.5. The van der Waals surface area contributed by atoms with Gasteiger partial charge in [0.25, 0.3) is 0 Å². The lowest BCUT2D eigenvalue weighted by atomic mass is 9.92. The number of hydrogen-bond donors (Lipinski definition) is 1. The van der Waals surface area contributed by atoms with Gasteiger partial charge in [-0.2, -0.15) is 5.26 Å². The fourth-order valence-electron chi connectivity index (χ4n) is 3.58. The zero-order chi connectivity index (χ0) is 18.5. The van der Waals surface area contributed by atoms with E-state index in [4.69, 9.17) is 16.9 Å². The van der Waals surface area contributed by atoms with Crippen molar-refractivity contribution in [3.8, 4) is 6.07 Å². The van der Waals surface area contributed by atoms with Gasteiger partial charge in [-0.25, -0.2) is 0 Å². The largest absolute Gasteiger partial charge is 0.386 e. The molecule has 132 valence electrons. The molecule has 2 aromatic heterocycles. The second kappa shape index (κ2) is 5.80. The molecule has 5 nitrogen and oxygen atoms in total. The van der Waals surface area contributed by atoms with Crippen LogP contribution >= 0.6 is 11.6 Å². The molecule has 0 unspecified atom stereocenters. The van der Waals surface area contributed by atoms with Gasteiger partial charge in [0.05, 0.1) is 23.5 Å².